The third-order valence-corrected chi connectivity index (χ3v) is 11.1. The zero-order chi connectivity index (χ0) is 28.1. The fourth-order valence-corrected chi connectivity index (χ4v) is 9.35. The van der Waals surface area contributed by atoms with Gasteiger partial charge in [0.25, 0.3) is 10.6 Å². The zero-order valence-corrected chi connectivity index (χ0v) is 25.7. The molecular weight excluding hydrogens is 563 g/mol. The van der Waals surface area contributed by atoms with E-state index in [9.17, 15) is 4.79 Å². The average molecular weight is 593 g/mol. The number of nitrogens with zero attached hydrogens (tertiary/aromatic N) is 3. The van der Waals surface area contributed by atoms with Crippen molar-refractivity contribution in [1.82, 2.24) is 4.57 Å². The van der Waals surface area contributed by atoms with Gasteiger partial charge in [-0.05, 0) is 55.8 Å². The summed E-state index contributed by atoms with van der Waals surface area (Å²) < 4.78 is 7.30. The molecule has 0 saturated carbocycles. The molecule has 1 aliphatic heterocycles. The Labute approximate surface area is 250 Å². The molecule has 6 aromatic rings. The number of aryl methyl sites for hydroxylation is 1. The van der Waals surface area contributed by atoms with Crippen LogP contribution in [0.5, 0.6) is 0 Å². The van der Waals surface area contributed by atoms with Gasteiger partial charge in [0.05, 0.1) is 21.3 Å². The number of hydrogen-bond donors (Lipinski definition) is 0. The number of thioether (sulfide) groups is 1. The fraction of sp³-hybridized carbons (Fsp3) is 0.176. The van der Waals surface area contributed by atoms with Crippen molar-refractivity contribution in [3.63, 3.8) is 0 Å². The van der Waals surface area contributed by atoms with Crippen LogP contribution < -0.4 is 24.2 Å². The molecule has 0 aliphatic carbocycles. The van der Waals surface area contributed by atoms with Crippen molar-refractivity contribution < 1.29 is 4.57 Å². The number of aromatic nitrogens is 2. The number of thiazole rings is 2. The summed E-state index contributed by atoms with van der Waals surface area (Å²) in [6.07, 6.45) is 6.34. The Morgan fingerprint density at radius 3 is 2.29 bits per heavy atom. The molecule has 0 unspecified atom stereocenters. The number of fused-ring (bicyclic) bond motifs is 6. The van der Waals surface area contributed by atoms with Crippen LogP contribution in [0.2, 0.25) is 0 Å². The van der Waals surface area contributed by atoms with E-state index in [1.807, 2.05) is 17.6 Å². The zero-order valence-electron chi connectivity index (χ0n) is 23.3. The molecule has 7 rings (SSSR count). The second-order valence-corrected chi connectivity index (χ2v) is 13.1. The third kappa shape index (κ3) is 4.35. The highest BCUT2D eigenvalue weighted by Gasteiger charge is 2.25. The van der Waals surface area contributed by atoms with E-state index in [0.717, 1.165) is 32.3 Å². The van der Waals surface area contributed by atoms with E-state index >= 15 is 0 Å². The lowest BCUT2D eigenvalue weighted by Gasteiger charge is -2.19. The molecule has 0 bridgehead atoms. The van der Waals surface area contributed by atoms with Crippen LogP contribution in [0.25, 0.3) is 43.9 Å². The van der Waals surface area contributed by atoms with Gasteiger partial charge in [0.1, 0.15) is 15.9 Å². The van der Waals surface area contributed by atoms with E-state index < -0.39 is 0 Å². The SMILES string of the molecule is CCN1/C(=C\C=c2/s/c(=C\c3sc4c5ccccc5ccc4[n+]3CC)n(CC)c2=O)Sc2ccc3ccccc3c21. The monoisotopic (exact) mass is 592 g/mol. The first kappa shape index (κ1) is 26.3. The van der Waals surface area contributed by atoms with E-state index in [-0.39, 0.29) is 5.56 Å². The Bertz CT molecular complexity index is 2180. The maximum atomic E-state index is 13.5. The number of rotatable bonds is 5. The summed E-state index contributed by atoms with van der Waals surface area (Å²) in [6.45, 7) is 8.80. The molecule has 1 aliphatic rings. The van der Waals surface area contributed by atoms with E-state index in [4.69, 9.17) is 0 Å². The van der Waals surface area contributed by atoms with Crippen LogP contribution >= 0.6 is 34.4 Å². The van der Waals surface area contributed by atoms with E-state index in [1.165, 1.54) is 42.3 Å². The Hall–Kier alpha value is -3.65. The lowest BCUT2D eigenvalue weighted by atomic mass is 10.1. The van der Waals surface area contributed by atoms with Gasteiger partial charge in [-0.15, -0.1) is 11.3 Å². The first-order chi connectivity index (χ1) is 20.1. The number of benzene rings is 4. The maximum absolute atomic E-state index is 13.5. The van der Waals surface area contributed by atoms with Gasteiger partial charge in [-0.3, -0.25) is 9.36 Å². The smallest absolute Gasteiger partial charge is 0.269 e. The van der Waals surface area contributed by atoms with Crippen molar-refractivity contribution in [2.45, 2.75) is 38.8 Å². The Morgan fingerprint density at radius 2 is 1.54 bits per heavy atom. The van der Waals surface area contributed by atoms with Crippen LogP contribution in [0.3, 0.4) is 0 Å². The summed E-state index contributed by atoms with van der Waals surface area (Å²) in [5.41, 5.74) is 2.58. The lowest BCUT2D eigenvalue weighted by Crippen LogP contribution is -2.35. The Balaban J connectivity index is 1.34. The van der Waals surface area contributed by atoms with E-state index in [2.05, 4.69) is 108 Å². The Kier molecular flexibility index (Phi) is 6.81. The van der Waals surface area contributed by atoms with Crippen LogP contribution in [0.1, 0.15) is 25.8 Å². The number of hydrogen-bond acceptors (Lipinski definition) is 5. The predicted molar refractivity (Wildman–Crippen MR) is 178 cm³/mol. The van der Waals surface area contributed by atoms with Crippen molar-refractivity contribution in [2.75, 3.05) is 11.4 Å². The van der Waals surface area contributed by atoms with Crippen molar-refractivity contribution in [2.24, 2.45) is 0 Å². The summed E-state index contributed by atoms with van der Waals surface area (Å²) >= 11 is 5.16. The summed E-state index contributed by atoms with van der Waals surface area (Å²) in [7, 11) is 0. The molecule has 7 heteroatoms. The predicted octanol–water partition coefficient (Wildman–Crippen LogP) is 6.84. The first-order valence-corrected chi connectivity index (χ1v) is 16.5. The summed E-state index contributed by atoms with van der Waals surface area (Å²) in [5, 5.41) is 7.37. The van der Waals surface area contributed by atoms with Crippen LogP contribution in [0, 0.1) is 0 Å². The fourth-order valence-electron chi connectivity index (χ4n) is 5.78. The summed E-state index contributed by atoms with van der Waals surface area (Å²) in [6, 6.07) is 26.0. The molecule has 0 fully saturated rings. The average Bonchev–Trinajstić information content (AvgIpc) is 3.65. The Morgan fingerprint density at radius 1 is 0.805 bits per heavy atom. The van der Waals surface area contributed by atoms with Gasteiger partial charge in [0.15, 0.2) is 0 Å². The van der Waals surface area contributed by atoms with Gasteiger partial charge < -0.3 is 4.90 Å². The minimum Gasteiger partial charge on any atom is -0.335 e. The molecule has 0 amide bonds. The third-order valence-electron chi connectivity index (χ3n) is 7.75. The molecule has 0 spiro atoms. The van der Waals surface area contributed by atoms with Crippen LogP contribution in [0.4, 0.5) is 5.69 Å². The highest BCUT2D eigenvalue weighted by atomic mass is 32.2. The van der Waals surface area contributed by atoms with Gasteiger partial charge in [-0.2, -0.15) is 4.57 Å². The molecule has 4 nitrogen and oxygen atoms in total. The van der Waals surface area contributed by atoms with Crippen molar-refractivity contribution >= 4 is 84.0 Å². The quantitative estimate of drug-likeness (QED) is 0.205. The molecule has 4 aromatic carbocycles. The largest absolute Gasteiger partial charge is 0.335 e. The molecule has 41 heavy (non-hydrogen) atoms. The molecular formula is C34H30N3OS3+. The number of anilines is 1. The minimum atomic E-state index is 0.0734. The van der Waals surface area contributed by atoms with Gasteiger partial charge in [-0.1, -0.05) is 77.7 Å². The molecule has 0 atom stereocenters. The second-order valence-electron chi connectivity index (χ2n) is 9.97. The van der Waals surface area contributed by atoms with Crippen LogP contribution in [0.15, 0.2) is 93.6 Å². The van der Waals surface area contributed by atoms with Crippen molar-refractivity contribution in [3.8, 4) is 0 Å². The van der Waals surface area contributed by atoms with E-state index in [1.54, 1.807) is 34.4 Å². The summed E-state index contributed by atoms with van der Waals surface area (Å²) in [4.78, 5) is 17.2. The summed E-state index contributed by atoms with van der Waals surface area (Å²) in [5.74, 6) is 0. The standard InChI is InChI=1S/C34H30N3OS3/c1-4-35-26-17-15-23-12-8-10-14-25(23)33(26)41-30(35)21-31-37(6-3)34(38)28(40-31)19-20-29-36(5-2)32-24-13-9-7-11-22(24)16-18-27(32)39-29/h7-21H,4-6H2,1-3H3/q+1/b28-19-,29-20+. The maximum Gasteiger partial charge on any atom is 0.269 e. The molecule has 0 N–H and O–H groups in total. The highest BCUT2D eigenvalue weighted by molar-refractivity contribution is 8.03. The van der Waals surface area contributed by atoms with Crippen LogP contribution in [-0.4, -0.2) is 11.1 Å². The van der Waals surface area contributed by atoms with E-state index in [0.29, 0.717) is 6.54 Å². The van der Waals surface area contributed by atoms with Gasteiger partial charge in [-0.25, -0.2) is 0 Å². The first-order valence-electron chi connectivity index (χ1n) is 14.1. The number of allylic oxidation sites excluding steroid dienone is 1. The lowest BCUT2D eigenvalue weighted by molar-refractivity contribution is -0.665. The van der Waals surface area contributed by atoms with Gasteiger partial charge in [0, 0.05) is 34.8 Å². The topological polar surface area (TPSA) is 29.1 Å². The molecule has 3 heterocycles. The molecule has 0 saturated heterocycles. The van der Waals surface area contributed by atoms with Gasteiger partial charge in [0.2, 0.25) is 5.52 Å². The molecule has 2 aromatic heterocycles. The van der Waals surface area contributed by atoms with Gasteiger partial charge >= 0.3 is 0 Å². The normalized spacial score (nSPS) is 15.3. The van der Waals surface area contributed by atoms with Crippen LogP contribution in [-0.2, 0) is 13.1 Å². The van der Waals surface area contributed by atoms with Crippen molar-refractivity contribution in [3.05, 3.63) is 108 Å². The minimum absolute atomic E-state index is 0.0734. The molecule has 0 radical (unpaired) electrons. The van der Waals surface area contributed by atoms with Crippen molar-refractivity contribution in [1.29, 1.82) is 0 Å². The highest BCUT2D eigenvalue weighted by Crippen LogP contribution is 2.49. The second kappa shape index (κ2) is 10.6. The molecule has 204 valence electrons.